The van der Waals surface area contributed by atoms with Crippen molar-refractivity contribution in [1.82, 2.24) is 10.6 Å². The molecule has 27 heavy (non-hydrogen) atoms. The van der Waals surface area contributed by atoms with Crippen molar-refractivity contribution in [2.24, 2.45) is 10.4 Å². The van der Waals surface area contributed by atoms with Gasteiger partial charge in [-0.2, -0.15) is 0 Å². The number of ether oxygens (including phenoxy) is 1. The summed E-state index contributed by atoms with van der Waals surface area (Å²) in [7, 11) is -1.41. The van der Waals surface area contributed by atoms with Crippen molar-refractivity contribution in [2.75, 3.05) is 33.1 Å². The summed E-state index contributed by atoms with van der Waals surface area (Å²) in [6.45, 7) is 5.04. The minimum atomic E-state index is -3.16. The van der Waals surface area contributed by atoms with Crippen LogP contribution in [0.1, 0.15) is 38.2 Å². The zero-order valence-electron chi connectivity index (χ0n) is 16.5. The maximum atomic E-state index is 11.5. The van der Waals surface area contributed by atoms with E-state index in [1.165, 1.54) is 25.5 Å². The van der Waals surface area contributed by atoms with Crippen molar-refractivity contribution in [3.63, 3.8) is 0 Å². The van der Waals surface area contributed by atoms with E-state index in [0.717, 1.165) is 37.6 Å². The number of hydrogen-bond donors (Lipinski definition) is 2. The average Bonchev–Trinajstić information content (AvgIpc) is 2.58. The molecular weight excluding hydrogens is 477 g/mol. The molecule has 1 aromatic rings. The molecular formula is C19H32IN3O3S. The molecule has 0 radical (unpaired) electrons. The van der Waals surface area contributed by atoms with E-state index in [2.05, 4.69) is 15.6 Å². The first-order chi connectivity index (χ1) is 12.4. The molecule has 0 amide bonds. The average molecular weight is 509 g/mol. The largest absolute Gasteiger partial charge is 0.385 e. The van der Waals surface area contributed by atoms with Crippen molar-refractivity contribution in [3.8, 4) is 0 Å². The fourth-order valence-electron chi connectivity index (χ4n) is 3.14. The lowest BCUT2D eigenvalue weighted by Gasteiger charge is -2.42. The first-order valence-electron chi connectivity index (χ1n) is 9.19. The van der Waals surface area contributed by atoms with Crippen LogP contribution in [-0.4, -0.2) is 47.4 Å². The molecule has 154 valence electrons. The molecule has 1 fully saturated rings. The zero-order valence-corrected chi connectivity index (χ0v) is 19.6. The Bertz CT molecular complexity index is 701. The maximum Gasteiger partial charge on any atom is 0.191 e. The normalized spacial score (nSPS) is 16.2. The summed E-state index contributed by atoms with van der Waals surface area (Å²) in [5.74, 6) is 0.795. The third-order valence-electron chi connectivity index (χ3n) is 5.00. The Labute approximate surface area is 180 Å². The van der Waals surface area contributed by atoms with Gasteiger partial charge < -0.3 is 15.4 Å². The van der Waals surface area contributed by atoms with Gasteiger partial charge in [-0.25, -0.2) is 13.4 Å². The third kappa shape index (κ3) is 7.57. The summed E-state index contributed by atoms with van der Waals surface area (Å²) in [5, 5.41) is 6.74. The van der Waals surface area contributed by atoms with Crippen LogP contribution < -0.4 is 10.6 Å². The van der Waals surface area contributed by atoms with Crippen LogP contribution in [0.2, 0.25) is 0 Å². The molecule has 0 spiro atoms. The van der Waals surface area contributed by atoms with Crippen molar-refractivity contribution in [1.29, 1.82) is 0 Å². The Morgan fingerprint density at radius 1 is 1.22 bits per heavy atom. The van der Waals surface area contributed by atoms with Gasteiger partial charge in [0.25, 0.3) is 0 Å². The Morgan fingerprint density at radius 2 is 1.89 bits per heavy atom. The highest BCUT2D eigenvalue weighted by Crippen LogP contribution is 2.43. The number of methoxy groups -OCH3 is 1. The fourth-order valence-corrected chi connectivity index (χ4v) is 3.77. The molecule has 0 aromatic heterocycles. The van der Waals surface area contributed by atoms with Crippen LogP contribution in [0.15, 0.2) is 34.2 Å². The highest BCUT2D eigenvalue weighted by Gasteiger charge is 2.36. The first-order valence-corrected chi connectivity index (χ1v) is 11.1. The van der Waals surface area contributed by atoms with E-state index in [1.807, 2.05) is 19.1 Å². The van der Waals surface area contributed by atoms with Gasteiger partial charge in [0.1, 0.15) is 0 Å². The van der Waals surface area contributed by atoms with Crippen molar-refractivity contribution in [3.05, 3.63) is 29.8 Å². The van der Waals surface area contributed by atoms with Crippen LogP contribution >= 0.6 is 24.0 Å². The molecule has 1 aliphatic rings. The number of hydrogen-bond acceptors (Lipinski definition) is 4. The van der Waals surface area contributed by atoms with Gasteiger partial charge in [0.15, 0.2) is 15.8 Å². The quantitative estimate of drug-likeness (QED) is 0.304. The monoisotopic (exact) mass is 509 g/mol. The SMILES string of the molecule is CCNC(=NCc1ccc(S(C)(=O)=O)cc1)NCC1(CCOC)CCC1.I. The van der Waals surface area contributed by atoms with Gasteiger partial charge in [0.2, 0.25) is 0 Å². The van der Waals surface area contributed by atoms with Crippen LogP contribution in [-0.2, 0) is 21.1 Å². The molecule has 0 unspecified atom stereocenters. The number of guanidine groups is 1. The number of halogens is 1. The fraction of sp³-hybridized carbons (Fsp3) is 0.632. The summed E-state index contributed by atoms with van der Waals surface area (Å²) >= 11 is 0. The molecule has 0 heterocycles. The molecule has 1 saturated carbocycles. The third-order valence-corrected chi connectivity index (χ3v) is 6.13. The summed E-state index contributed by atoms with van der Waals surface area (Å²) in [4.78, 5) is 4.96. The molecule has 6 nitrogen and oxygen atoms in total. The summed E-state index contributed by atoms with van der Waals surface area (Å²) in [6, 6.07) is 6.90. The van der Waals surface area contributed by atoms with Crippen molar-refractivity contribution >= 4 is 39.8 Å². The van der Waals surface area contributed by atoms with Gasteiger partial charge in [-0.05, 0) is 49.3 Å². The Morgan fingerprint density at radius 3 is 2.37 bits per heavy atom. The molecule has 0 atom stereocenters. The first kappa shape index (κ1) is 24.2. The van der Waals surface area contributed by atoms with E-state index in [-0.39, 0.29) is 24.0 Å². The predicted molar refractivity (Wildman–Crippen MR) is 121 cm³/mol. The Hall–Kier alpha value is -0.870. The number of sulfone groups is 1. The molecule has 0 aliphatic heterocycles. The van der Waals surface area contributed by atoms with Gasteiger partial charge in [0.05, 0.1) is 11.4 Å². The van der Waals surface area contributed by atoms with Gasteiger partial charge in [-0.15, -0.1) is 24.0 Å². The second-order valence-electron chi connectivity index (χ2n) is 7.06. The standard InChI is InChI=1S/C19H31N3O3S.HI/c1-4-20-18(22-15-19(10-5-11-19)12-13-25-2)21-14-16-6-8-17(9-7-16)26(3,23)24;/h6-9H,4-5,10-15H2,1-3H3,(H2,20,21,22);1H. The molecule has 1 aliphatic carbocycles. The van der Waals surface area contributed by atoms with Crippen molar-refractivity contribution in [2.45, 2.75) is 44.0 Å². The van der Waals surface area contributed by atoms with Crippen LogP contribution in [0.5, 0.6) is 0 Å². The molecule has 0 saturated heterocycles. The van der Waals surface area contributed by atoms with Gasteiger partial charge >= 0.3 is 0 Å². The number of benzene rings is 1. The molecule has 2 rings (SSSR count). The minimum Gasteiger partial charge on any atom is -0.385 e. The number of nitrogens with zero attached hydrogens (tertiary/aromatic N) is 1. The second kappa shape index (κ2) is 11.2. The smallest absolute Gasteiger partial charge is 0.191 e. The van der Waals surface area contributed by atoms with Crippen LogP contribution in [0.3, 0.4) is 0 Å². The lowest BCUT2D eigenvalue weighted by Crippen LogP contribution is -2.46. The van der Waals surface area contributed by atoms with Gasteiger partial charge in [-0.1, -0.05) is 18.6 Å². The maximum absolute atomic E-state index is 11.5. The molecule has 8 heteroatoms. The Balaban J connectivity index is 0.00000364. The summed E-state index contributed by atoms with van der Waals surface area (Å²) < 4.78 is 28.3. The number of rotatable bonds is 9. The van der Waals surface area contributed by atoms with E-state index >= 15 is 0 Å². The summed E-state index contributed by atoms with van der Waals surface area (Å²) in [5.41, 5.74) is 1.30. The predicted octanol–water partition coefficient (Wildman–Crippen LogP) is 2.97. The van der Waals surface area contributed by atoms with E-state index < -0.39 is 9.84 Å². The van der Waals surface area contributed by atoms with E-state index in [0.29, 0.717) is 16.9 Å². The molecule has 2 N–H and O–H groups in total. The minimum absolute atomic E-state index is 0. The Kier molecular flexibility index (Phi) is 10.0. The van der Waals surface area contributed by atoms with Crippen LogP contribution in [0.25, 0.3) is 0 Å². The lowest BCUT2D eigenvalue weighted by molar-refractivity contribution is 0.0732. The van der Waals surface area contributed by atoms with Gasteiger partial charge in [0, 0.05) is 33.1 Å². The highest BCUT2D eigenvalue weighted by atomic mass is 127. The molecule has 1 aromatic carbocycles. The van der Waals surface area contributed by atoms with E-state index in [9.17, 15) is 8.42 Å². The molecule has 0 bridgehead atoms. The van der Waals surface area contributed by atoms with E-state index in [1.54, 1.807) is 19.2 Å². The van der Waals surface area contributed by atoms with Crippen LogP contribution in [0.4, 0.5) is 0 Å². The van der Waals surface area contributed by atoms with E-state index in [4.69, 9.17) is 4.74 Å². The topological polar surface area (TPSA) is 79.8 Å². The van der Waals surface area contributed by atoms with Crippen LogP contribution in [0, 0.1) is 5.41 Å². The number of aliphatic imine (C=N–C) groups is 1. The van der Waals surface area contributed by atoms with Gasteiger partial charge in [-0.3, -0.25) is 0 Å². The van der Waals surface area contributed by atoms with Crippen molar-refractivity contribution < 1.29 is 13.2 Å². The lowest BCUT2D eigenvalue weighted by atomic mass is 9.67. The zero-order chi connectivity index (χ0) is 19.0. The summed E-state index contributed by atoms with van der Waals surface area (Å²) in [6.07, 6.45) is 6.03. The number of nitrogens with one attached hydrogen (secondary N) is 2. The second-order valence-corrected chi connectivity index (χ2v) is 9.08. The highest BCUT2D eigenvalue weighted by molar-refractivity contribution is 14.0.